The minimum absolute atomic E-state index is 0.0466. The Morgan fingerprint density at radius 2 is 1.95 bits per heavy atom. The third kappa shape index (κ3) is 2.88. The molecule has 0 unspecified atom stereocenters. The number of benzene rings is 1. The van der Waals surface area contributed by atoms with E-state index in [4.69, 9.17) is 0 Å². The van der Waals surface area contributed by atoms with Crippen LogP contribution in [0.2, 0.25) is 0 Å². The topological polar surface area (TPSA) is 32.3 Å². The number of hydrogen-bond acceptors (Lipinski definition) is 2. The SMILES string of the molecule is O=C(Nc1cc(N2CCCCC2)ccc1F)C1CC1. The van der Waals surface area contributed by atoms with E-state index in [1.165, 1.54) is 25.3 Å². The van der Waals surface area contributed by atoms with Gasteiger partial charge in [-0.2, -0.15) is 0 Å². The Balaban J connectivity index is 1.76. The van der Waals surface area contributed by atoms with Gasteiger partial charge in [0.25, 0.3) is 0 Å². The fourth-order valence-electron chi connectivity index (χ4n) is 2.54. The molecule has 1 saturated heterocycles. The number of halogens is 1. The highest BCUT2D eigenvalue weighted by molar-refractivity contribution is 5.94. The maximum absolute atomic E-state index is 13.7. The third-order valence-electron chi connectivity index (χ3n) is 3.88. The second kappa shape index (κ2) is 5.19. The van der Waals surface area contributed by atoms with Crippen molar-refractivity contribution in [2.45, 2.75) is 32.1 Å². The van der Waals surface area contributed by atoms with Gasteiger partial charge in [-0.25, -0.2) is 4.39 Å². The van der Waals surface area contributed by atoms with E-state index in [0.29, 0.717) is 5.69 Å². The van der Waals surface area contributed by atoms with E-state index in [1.807, 2.05) is 0 Å². The second-order valence-corrected chi connectivity index (χ2v) is 5.48. The molecule has 3 nitrogen and oxygen atoms in total. The molecular weight excluding hydrogens is 243 g/mol. The molecule has 102 valence electrons. The van der Waals surface area contributed by atoms with Gasteiger partial charge in [0.05, 0.1) is 5.69 Å². The molecule has 2 fully saturated rings. The van der Waals surface area contributed by atoms with Crippen molar-refractivity contribution >= 4 is 17.3 Å². The highest BCUT2D eigenvalue weighted by Gasteiger charge is 2.30. The van der Waals surface area contributed by atoms with E-state index in [2.05, 4.69) is 10.2 Å². The van der Waals surface area contributed by atoms with Crippen molar-refractivity contribution in [2.24, 2.45) is 5.92 Å². The number of carbonyl (C=O) groups is 1. The van der Waals surface area contributed by atoms with Gasteiger partial charge in [0.15, 0.2) is 0 Å². The van der Waals surface area contributed by atoms with E-state index < -0.39 is 0 Å². The lowest BCUT2D eigenvalue weighted by atomic mass is 10.1. The van der Waals surface area contributed by atoms with Crippen LogP contribution in [0.15, 0.2) is 18.2 Å². The minimum Gasteiger partial charge on any atom is -0.371 e. The zero-order chi connectivity index (χ0) is 13.2. The lowest BCUT2D eigenvalue weighted by Crippen LogP contribution is -2.29. The predicted molar refractivity (Wildman–Crippen MR) is 73.8 cm³/mol. The van der Waals surface area contributed by atoms with Crippen molar-refractivity contribution < 1.29 is 9.18 Å². The summed E-state index contributed by atoms with van der Waals surface area (Å²) < 4.78 is 13.7. The highest BCUT2D eigenvalue weighted by Crippen LogP contribution is 2.31. The van der Waals surface area contributed by atoms with E-state index in [0.717, 1.165) is 31.6 Å². The molecule has 1 N–H and O–H groups in total. The summed E-state index contributed by atoms with van der Waals surface area (Å²) >= 11 is 0. The average molecular weight is 262 g/mol. The summed E-state index contributed by atoms with van der Waals surface area (Å²) in [5.74, 6) is -0.303. The number of nitrogens with zero attached hydrogens (tertiary/aromatic N) is 1. The minimum atomic E-state index is -0.352. The van der Waals surface area contributed by atoms with E-state index >= 15 is 0 Å². The fraction of sp³-hybridized carbons (Fsp3) is 0.533. The molecule has 3 rings (SSSR count). The van der Waals surface area contributed by atoms with Crippen LogP contribution in [0.5, 0.6) is 0 Å². The summed E-state index contributed by atoms with van der Waals surface area (Å²) in [5.41, 5.74) is 1.33. The second-order valence-electron chi connectivity index (χ2n) is 5.48. The zero-order valence-electron chi connectivity index (χ0n) is 11.0. The van der Waals surface area contributed by atoms with Crippen molar-refractivity contribution in [1.29, 1.82) is 0 Å². The highest BCUT2D eigenvalue weighted by atomic mass is 19.1. The molecule has 1 aliphatic heterocycles. The average Bonchev–Trinajstić information content (AvgIpc) is 3.27. The Hall–Kier alpha value is -1.58. The number of carbonyl (C=O) groups excluding carboxylic acids is 1. The Morgan fingerprint density at radius 3 is 2.63 bits per heavy atom. The van der Waals surface area contributed by atoms with Crippen LogP contribution >= 0.6 is 0 Å². The largest absolute Gasteiger partial charge is 0.371 e. The van der Waals surface area contributed by atoms with Crippen LogP contribution in [0.1, 0.15) is 32.1 Å². The summed E-state index contributed by atoms with van der Waals surface area (Å²) in [4.78, 5) is 14.0. The first-order valence-corrected chi connectivity index (χ1v) is 7.09. The maximum Gasteiger partial charge on any atom is 0.227 e. The van der Waals surface area contributed by atoms with Gasteiger partial charge in [-0.15, -0.1) is 0 Å². The fourth-order valence-corrected chi connectivity index (χ4v) is 2.54. The summed E-state index contributed by atoms with van der Waals surface area (Å²) in [6.45, 7) is 2.03. The molecule has 0 aromatic heterocycles. The number of rotatable bonds is 3. The van der Waals surface area contributed by atoms with Crippen molar-refractivity contribution in [3.8, 4) is 0 Å². The lowest BCUT2D eigenvalue weighted by molar-refractivity contribution is -0.117. The van der Waals surface area contributed by atoms with Crippen LogP contribution in [-0.2, 0) is 4.79 Å². The van der Waals surface area contributed by atoms with Gasteiger partial charge in [0, 0.05) is 24.7 Å². The number of nitrogens with one attached hydrogen (secondary N) is 1. The molecule has 1 amide bonds. The van der Waals surface area contributed by atoms with Crippen molar-refractivity contribution in [3.05, 3.63) is 24.0 Å². The number of hydrogen-bond donors (Lipinski definition) is 1. The number of piperidine rings is 1. The molecule has 2 aliphatic rings. The molecule has 0 atom stereocenters. The normalized spacial score (nSPS) is 19.3. The molecule has 1 aromatic rings. The van der Waals surface area contributed by atoms with Crippen LogP contribution in [-0.4, -0.2) is 19.0 Å². The molecule has 0 spiro atoms. The van der Waals surface area contributed by atoms with Crippen LogP contribution in [0.3, 0.4) is 0 Å². The molecule has 19 heavy (non-hydrogen) atoms. The quantitative estimate of drug-likeness (QED) is 0.907. The van der Waals surface area contributed by atoms with Crippen molar-refractivity contribution in [1.82, 2.24) is 0 Å². The monoisotopic (exact) mass is 262 g/mol. The molecule has 1 saturated carbocycles. The first kappa shape index (κ1) is 12.5. The predicted octanol–water partition coefficient (Wildman–Crippen LogP) is 3.16. The summed E-state index contributed by atoms with van der Waals surface area (Å²) in [6.07, 6.45) is 5.49. The molecule has 0 bridgehead atoms. The third-order valence-corrected chi connectivity index (χ3v) is 3.88. The van der Waals surface area contributed by atoms with Gasteiger partial charge >= 0.3 is 0 Å². The molecule has 1 aliphatic carbocycles. The first-order chi connectivity index (χ1) is 9.24. The Bertz CT molecular complexity index is 479. The smallest absolute Gasteiger partial charge is 0.227 e. The van der Waals surface area contributed by atoms with Crippen LogP contribution in [0, 0.1) is 11.7 Å². The molecule has 1 heterocycles. The first-order valence-electron chi connectivity index (χ1n) is 7.09. The van der Waals surface area contributed by atoms with Gasteiger partial charge in [-0.05, 0) is 50.3 Å². The standard InChI is InChI=1S/C15H19FN2O/c16-13-7-6-12(18-8-2-1-3-9-18)10-14(13)17-15(19)11-4-5-11/h6-7,10-11H,1-5,8-9H2,(H,17,19). The van der Waals surface area contributed by atoms with Gasteiger partial charge in [0.2, 0.25) is 5.91 Å². The van der Waals surface area contributed by atoms with E-state index in [-0.39, 0.29) is 17.6 Å². The van der Waals surface area contributed by atoms with Gasteiger partial charge in [0.1, 0.15) is 5.82 Å². The lowest BCUT2D eigenvalue weighted by Gasteiger charge is -2.29. The maximum atomic E-state index is 13.7. The van der Waals surface area contributed by atoms with Crippen molar-refractivity contribution in [2.75, 3.05) is 23.3 Å². The Kier molecular flexibility index (Phi) is 3.40. The van der Waals surface area contributed by atoms with Gasteiger partial charge in [-0.1, -0.05) is 0 Å². The number of amides is 1. The zero-order valence-corrected chi connectivity index (χ0v) is 11.0. The van der Waals surface area contributed by atoms with Crippen LogP contribution in [0.25, 0.3) is 0 Å². The summed E-state index contributed by atoms with van der Waals surface area (Å²) in [7, 11) is 0. The van der Waals surface area contributed by atoms with Gasteiger partial charge in [-0.3, -0.25) is 4.79 Å². The molecule has 0 radical (unpaired) electrons. The van der Waals surface area contributed by atoms with Crippen LogP contribution in [0.4, 0.5) is 15.8 Å². The summed E-state index contributed by atoms with van der Waals surface area (Å²) in [5, 5.41) is 2.71. The van der Waals surface area contributed by atoms with Gasteiger partial charge < -0.3 is 10.2 Å². The number of anilines is 2. The van der Waals surface area contributed by atoms with Crippen LogP contribution < -0.4 is 10.2 Å². The Labute approximate surface area is 112 Å². The van der Waals surface area contributed by atoms with Crippen molar-refractivity contribution in [3.63, 3.8) is 0 Å². The molecule has 4 heteroatoms. The van der Waals surface area contributed by atoms with E-state index in [1.54, 1.807) is 12.1 Å². The summed E-state index contributed by atoms with van der Waals surface area (Å²) in [6, 6.07) is 5.01. The Morgan fingerprint density at radius 1 is 1.21 bits per heavy atom. The molecular formula is C15H19FN2O. The molecule has 1 aromatic carbocycles. The van der Waals surface area contributed by atoms with E-state index in [9.17, 15) is 9.18 Å².